The molecule has 12 aromatic rings. The van der Waals surface area contributed by atoms with Crippen molar-refractivity contribution in [2.24, 2.45) is 0 Å². The first kappa shape index (κ1) is 32.5. The third kappa shape index (κ3) is 5.13. The Labute approximate surface area is 338 Å². The molecule has 0 radical (unpaired) electrons. The van der Waals surface area contributed by atoms with Crippen LogP contribution < -0.4 is 0 Å². The SMILES string of the molecule is c1ccc(-c2ccc3c(c2)c2cc(-c4ccccc4)ccc2n3-c2cccc3c2sc2c(-c4ccccc4)ccc(-c4ccc5c(c4)sc4ccccc45)c23)cc1. The lowest BCUT2D eigenvalue weighted by atomic mass is 9.94. The quantitative estimate of drug-likeness (QED) is 0.165. The minimum absolute atomic E-state index is 1.21. The molecule has 9 aromatic carbocycles. The average Bonchev–Trinajstić information content (AvgIpc) is 3.96. The summed E-state index contributed by atoms with van der Waals surface area (Å²) < 4.78 is 7.77. The number of rotatable bonds is 5. The van der Waals surface area contributed by atoms with E-state index in [4.69, 9.17) is 0 Å². The molecule has 0 atom stereocenters. The molecule has 0 aliphatic rings. The number of hydrogen-bond donors (Lipinski definition) is 0. The third-order valence-electron chi connectivity index (χ3n) is 11.6. The van der Waals surface area contributed by atoms with E-state index in [1.54, 1.807) is 0 Å². The molecule has 266 valence electrons. The molecule has 0 N–H and O–H groups in total. The largest absolute Gasteiger partial charge is 0.308 e. The topological polar surface area (TPSA) is 4.93 Å². The Morgan fingerprint density at radius 1 is 0.298 bits per heavy atom. The Hall–Kier alpha value is -6.78. The molecule has 3 aromatic heterocycles. The van der Waals surface area contributed by atoms with Gasteiger partial charge in [0.25, 0.3) is 0 Å². The molecule has 3 heteroatoms. The molecule has 0 bridgehead atoms. The molecular formula is C54H33NS2. The molecular weight excluding hydrogens is 727 g/mol. The van der Waals surface area contributed by atoms with E-state index in [0.717, 1.165) is 0 Å². The molecule has 0 spiro atoms. The lowest BCUT2D eigenvalue weighted by Crippen LogP contribution is -1.94. The normalized spacial score (nSPS) is 11.9. The number of aromatic nitrogens is 1. The van der Waals surface area contributed by atoms with Crippen LogP contribution in [0.25, 0.3) is 112 Å². The zero-order valence-corrected chi connectivity index (χ0v) is 32.4. The van der Waals surface area contributed by atoms with E-state index in [1.165, 1.54) is 112 Å². The van der Waals surface area contributed by atoms with E-state index >= 15 is 0 Å². The van der Waals surface area contributed by atoms with E-state index in [0.29, 0.717) is 0 Å². The van der Waals surface area contributed by atoms with Gasteiger partial charge in [0, 0.05) is 46.4 Å². The number of nitrogens with zero attached hydrogens (tertiary/aromatic N) is 1. The summed E-state index contributed by atoms with van der Waals surface area (Å²) in [7, 11) is 0. The highest BCUT2D eigenvalue weighted by atomic mass is 32.1. The zero-order valence-electron chi connectivity index (χ0n) is 30.8. The fraction of sp³-hybridized carbons (Fsp3) is 0. The van der Waals surface area contributed by atoms with Crippen LogP contribution in [0.2, 0.25) is 0 Å². The fourth-order valence-corrected chi connectivity index (χ4v) is 11.5. The van der Waals surface area contributed by atoms with Gasteiger partial charge in [-0.25, -0.2) is 0 Å². The molecule has 0 aliphatic heterocycles. The van der Waals surface area contributed by atoms with Crippen LogP contribution in [0.4, 0.5) is 0 Å². The van der Waals surface area contributed by atoms with Crippen molar-refractivity contribution in [3.05, 3.63) is 200 Å². The minimum Gasteiger partial charge on any atom is -0.308 e. The summed E-state index contributed by atoms with van der Waals surface area (Å²) in [6.07, 6.45) is 0. The van der Waals surface area contributed by atoms with E-state index in [2.05, 4.69) is 205 Å². The van der Waals surface area contributed by atoms with Crippen LogP contribution in [0.15, 0.2) is 200 Å². The summed E-state index contributed by atoms with van der Waals surface area (Å²) in [6, 6.07) is 73.8. The number of thiophene rings is 2. The first-order valence-electron chi connectivity index (χ1n) is 19.4. The molecule has 1 nitrogen and oxygen atoms in total. The first-order valence-corrected chi connectivity index (χ1v) is 21.0. The summed E-state index contributed by atoms with van der Waals surface area (Å²) >= 11 is 3.81. The van der Waals surface area contributed by atoms with Crippen molar-refractivity contribution in [3.63, 3.8) is 0 Å². The predicted octanol–water partition coefficient (Wildman–Crippen LogP) is 16.2. The maximum Gasteiger partial charge on any atom is 0.0640 e. The van der Waals surface area contributed by atoms with Gasteiger partial charge in [0.2, 0.25) is 0 Å². The van der Waals surface area contributed by atoms with Crippen molar-refractivity contribution < 1.29 is 0 Å². The Morgan fingerprint density at radius 3 is 1.54 bits per heavy atom. The van der Waals surface area contributed by atoms with Crippen LogP contribution in [-0.2, 0) is 0 Å². The maximum atomic E-state index is 2.51. The van der Waals surface area contributed by atoms with E-state index in [1.807, 2.05) is 22.7 Å². The molecule has 3 heterocycles. The molecule has 0 aliphatic carbocycles. The van der Waals surface area contributed by atoms with Gasteiger partial charge in [-0.05, 0) is 87.0 Å². The number of hydrogen-bond acceptors (Lipinski definition) is 2. The van der Waals surface area contributed by atoms with Crippen LogP contribution in [0.5, 0.6) is 0 Å². The zero-order chi connectivity index (χ0) is 37.5. The second-order valence-corrected chi connectivity index (χ2v) is 16.9. The summed E-state index contributed by atoms with van der Waals surface area (Å²) in [4.78, 5) is 0. The van der Waals surface area contributed by atoms with E-state index in [-0.39, 0.29) is 0 Å². The number of fused-ring (bicyclic) bond motifs is 9. The van der Waals surface area contributed by atoms with Crippen LogP contribution in [0, 0.1) is 0 Å². The lowest BCUT2D eigenvalue weighted by molar-refractivity contribution is 1.20. The summed E-state index contributed by atoms with van der Waals surface area (Å²) in [6.45, 7) is 0. The van der Waals surface area contributed by atoms with Crippen molar-refractivity contribution in [1.82, 2.24) is 4.57 Å². The van der Waals surface area contributed by atoms with Gasteiger partial charge < -0.3 is 4.57 Å². The average molecular weight is 760 g/mol. The second kappa shape index (κ2) is 12.9. The summed E-state index contributed by atoms with van der Waals surface area (Å²) in [5, 5.41) is 7.77. The van der Waals surface area contributed by atoms with Crippen molar-refractivity contribution in [1.29, 1.82) is 0 Å². The highest BCUT2D eigenvalue weighted by molar-refractivity contribution is 7.27. The van der Waals surface area contributed by atoms with Crippen LogP contribution in [0.3, 0.4) is 0 Å². The Morgan fingerprint density at radius 2 is 0.860 bits per heavy atom. The van der Waals surface area contributed by atoms with E-state index < -0.39 is 0 Å². The molecule has 0 amide bonds. The Kier molecular flexibility index (Phi) is 7.34. The molecule has 0 unspecified atom stereocenters. The lowest BCUT2D eigenvalue weighted by Gasteiger charge is -2.11. The van der Waals surface area contributed by atoms with Gasteiger partial charge in [0.1, 0.15) is 0 Å². The molecule has 57 heavy (non-hydrogen) atoms. The predicted molar refractivity (Wildman–Crippen MR) is 248 cm³/mol. The number of benzene rings is 9. The van der Waals surface area contributed by atoms with Gasteiger partial charge in [-0.2, -0.15) is 0 Å². The smallest absolute Gasteiger partial charge is 0.0640 e. The maximum absolute atomic E-state index is 2.51. The van der Waals surface area contributed by atoms with Crippen molar-refractivity contribution in [2.75, 3.05) is 0 Å². The summed E-state index contributed by atoms with van der Waals surface area (Å²) in [5.74, 6) is 0. The first-order chi connectivity index (χ1) is 28.3. The Balaban J connectivity index is 1.14. The molecule has 0 fully saturated rings. The van der Waals surface area contributed by atoms with Crippen molar-refractivity contribution in [3.8, 4) is 50.2 Å². The highest BCUT2D eigenvalue weighted by Crippen LogP contribution is 2.49. The van der Waals surface area contributed by atoms with Gasteiger partial charge in [-0.15, -0.1) is 22.7 Å². The minimum atomic E-state index is 1.21. The standard InChI is InChI=1S/C54H33NS2/c1-4-13-34(14-5-1)37-24-29-47-45(31-37)46-32-38(35-15-6-2-7-16-35)25-30-48(46)55(47)49-21-12-20-44-52-40(27-28-41(54(52)57-53(44)49)36-17-8-3-9-18-36)39-23-26-43-42-19-10-11-22-50(42)56-51(43)33-39/h1-33H. The van der Waals surface area contributed by atoms with Crippen LogP contribution in [-0.4, -0.2) is 4.57 Å². The second-order valence-electron chi connectivity index (χ2n) is 14.8. The van der Waals surface area contributed by atoms with Gasteiger partial charge in [-0.3, -0.25) is 0 Å². The van der Waals surface area contributed by atoms with Crippen molar-refractivity contribution >= 4 is 84.8 Å². The van der Waals surface area contributed by atoms with Crippen LogP contribution in [0.1, 0.15) is 0 Å². The summed E-state index contributed by atoms with van der Waals surface area (Å²) in [5.41, 5.74) is 13.5. The molecule has 0 saturated carbocycles. The van der Waals surface area contributed by atoms with Gasteiger partial charge in [0.15, 0.2) is 0 Å². The fourth-order valence-electron chi connectivity index (χ4n) is 8.95. The monoisotopic (exact) mass is 759 g/mol. The molecule has 12 rings (SSSR count). The Bertz CT molecular complexity index is 3400. The van der Waals surface area contributed by atoms with Gasteiger partial charge in [0.05, 0.1) is 21.4 Å². The van der Waals surface area contributed by atoms with Crippen molar-refractivity contribution in [2.45, 2.75) is 0 Å². The van der Waals surface area contributed by atoms with Crippen LogP contribution >= 0.6 is 22.7 Å². The highest BCUT2D eigenvalue weighted by Gasteiger charge is 2.21. The van der Waals surface area contributed by atoms with Gasteiger partial charge >= 0.3 is 0 Å². The molecule has 0 saturated heterocycles. The third-order valence-corrected chi connectivity index (χ3v) is 14.0. The van der Waals surface area contributed by atoms with E-state index in [9.17, 15) is 0 Å². The van der Waals surface area contributed by atoms with Gasteiger partial charge in [-0.1, -0.05) is 158 Å².